The molecule has 16 heteroatoms. The Bertz CT molecular complexity index is 1230. The van der Waals surface area contributed by atoms with Crippen LogP contribution in [0.15, 0.2) is 36.4 Å². The van der Waals surface area contributed by atoms with Gasteiger partial charge in [-0.1, -0.05) is 28.9 Å². The van der Waals surface area contributed by atoms with Crippen LogP contribution in [0.25, 0.3) is 0 Å². The number of urea groups is 1. The third kappa shape index (κ3) is 15.2. The van der Waals surface area contributed by atoms with Gasteiger partial charge in [0.25, 0.3) is 5.91 Å². The SMILES string of the molecule is C=C(CBr)C(=O)NCCCCCC(=O)NCC(=O)NC(CCCNC(N)=O)C(=O)Nc1ccc(C(=O)N(C)[C@@H](C)C(=O)O)cc1. The van der Waals surface area contributed by atoms with E-state index in [1.54, 1.807) is 0 Å². The fourth-order valence-electron chi connectivity index (χ4n) is 3.74. The van der Waals surface area contributed by atoms with E-state index in [0.29, 0.717) is 48.8 Å². The summed E-state index contributed by atoms with van der Waals surface area (Å²) >= 11 is 3.16. The van der Waals surface area contributed by atoms with Crippen LogP contribution in [-0.4, -0.2) is 95.6 Å². The Morgan fingerprint density at radius 2 is 1.58 bits per heavy atom. The van der Waals surface area contributed by atoms with Crippen molar-refractivity contribution < 1.29 is 38.7 Å². The molecule has 248 valence electrons. The lowest BCUT2D eigenvalue weighted by Gasteiger charge is -2.22. The average molecular weight is 697 g/mol. The Balaban J connectivity index is 2.64. The molecule has 1 aromatic rings. The Hall–Kier alpha value is -4.47. The van der Waals surface area contributed by atoms with Gasteiger partial charge in [-0.15, -0.1) is 0 Å². The van der Waals surface area contributed by atoms with Crippen LogP contribution in [0.4, 0.5) is 10.5 Å². The molecule has 1 aromatic carbocycles. The van der Waals surface area contributed by atoms with E-state index in [2.05, 4.69) is 49.1 Å². The average Bonchev–Trinajstić information content (AvgIpc) is 3.01. The topological polar surface area (TPSA) is 229 Å². The van der Waals surface area contributed by atoms with E-state index in [1.165, 1.54) is 38.2 Å². The fraction of sp³-hybridized carbons (Fsp3) is 0.483. The summed E-state index contributed by atoms with van der Waals surface area (Å²) in [7, 11) is 1.37. The molecular formula is C29H42BrN7O8. The third-order valence-electron chi connectivity index (χ3n) is 6.57. The van der Waals surface area contributed by atoms with Gasteiger partial charge in [-0.3, -0.25) is 24.0 Å². The first kappa shape index (κ1) is 38.6. The van der Waals surface area contributed by atoms with E-state index < -0.39 is 41.8 Å². The number of hydrogen-bond acceptors (Lipinski definition) is 7. The molecule has 0 saturated carbocycles. The number of nitrogens with two attached hydrogens (primary N) is 1. The molecule has 15 nitrogen and oxygen atoms in total. The van der Waals surface area contributed by atoms with Gasteiger partial charge < -0.3 is 42.3 Å². The molecule has 0 saturated heterocycles. The summed E-state index contributed by atoms with van der Waals surface area (Å²) in [5.41, 5.74) is 6.03. The zero-order chi connectivity index (χ0) is 33.9. The molecule has 0 aliphatic rings. The highest BCUT2D eigenvalue weighted by molar-refractivity contribution is 9.09. The van der Waals surface area contributed by atoms with Gasteiger partial charge >= 0.3 is 12.0 Å². The van der Waals surface area contributed by atoms with Crippen molar-refractivity contribution >= 4 is 63.2 Å². The molecule has 0 spiro atoms. The lowest BCUT2D eigenvalue weighted by Crippen LogP contribution is -2.47. The summed E-state index contributed by atoms with van der Waals surface area (Å²) in [5, 5.41) is 22.4. The first-order valence-electron chi connectivity index (χ1n) is 14.3. The number of unbranched alkanes of at least 4 members (excludes halogenated alkanes) is 2. The Labute approximate surface area is 270 Å². The van der Waals surface area contributed by atoms with Crippen LogP contribution >= 0.6 is 15.9 Å². The van der Waals surface area contributed by atoms with E-state index in [9.17, 15) is 33.6 Å². The second-order valence-corrected chi connectivity index (χ2v) is 10.7. The first-order chi connectivity index (χ1) is 21.3. The van der Waals surface area contributed by atoms with E-state index in [-0.39, 0.29) is 43.3 Å². The molecule has 0 aliphatic heterocycles. The van der Waals surface area contributed by atoms with Gasteiger partial charge in [-0.25, -0.2) is 9.59 Å². The smallest absolute Gasteiger partial charge is 0.326 e. The number of aliphatic carboxylic acids is 1. The summed E-state index contributed by atoms with van der Waals surface area (Å²) in [4.78, 5) is 85.2. The number of nitrogens with zero attached hydrogens (tertiary/aromatic N) is 1. The summed E-state index contributed by atoms with van der Waals surface area (Å²) in [5.74, 6) is -3.41. The summed E-state index contributed by atoms with van der Waals surface area (Å²) in [6, 6.07) is 3.00. The van der Waals surface area contributed by atoms with Crippen LogP contribution in [-0.2, 0) is 24.0 Å². The van der Waals surface area contributed by atoms with E-state index in [4.69, 9.17) is 10.8 Å². The molecule has 1 unspecified atom stereocenters. The second-order valence-electron chi connectivity index (χ2n) is 10.1. The maximum atomic E-state index is 13.0. The minimum Gasteiger partial charge on any atom is -0.480 e. The second kappa shape index (κ2) is 20.5. The van der Waals surface area contributed by atoms with Crippen LogP contribution in [0.3, 0.4) is 0 Å². The van der Waals surface area contributed by atoms with Crippen molar-refractivity contribution in [2.24, 2.45) is 5.73 Å². The number of likely N-dealkylation sites (N-methyl/N-ethyl adjacent to an activating group) is 1. The maximum absolute atomic E-state index is 13.0. The number of anilines is 1. The molecule has 0 heterocycles. The monoisotopic (exact) mass is 695 g/mol. The van der Waals surface area contributed by atoms with Crippen LogP contribution in [0.5, 0.6) is 0 Å². The molecule has 0 fully saturated rings. The van der Waals surface area contributed by atoms with Crippen molar-refractivity contribution in [3.8, 4) is 0 Å². The van der Waals surface area contributed by atoms with Crippen molar-refractivity contribution in [2.45, 2.75) is 57.5 Å². The summed E-state index contributed by atoms with van der Waals surface area (Å²) < 4.78 is 0. The largest absolute Gasteiger partial charge is 0.480 e. The van der Waals surface area contributed by atoms with E-state index in [1.807, 2.05) is 0 Å². The zero-order valence-corrected chi connectivity index (χ0v) is 27.0. The van der Waals surface area contributed by atoms with Crippen molar-refractivity contribution in [3.63, 3.8) is 0 Å². The number of carboxylic acids is 1. The van der Waals surface area contributed by atoms with Crippen LogP contribution in [0.1, 0.15) is 55.8 Å². The van der Waals surface area contributed by atoms with E-state index >= 15 is 0 Å². The minimum absolute atomic E-state index is 0.139. The number of carbonyl (C=O) groups is 7. The number of carbonyl (C=O) groups excluding carboxylic acids is 6. The maximum Gasteiger partial charge on any atom is 0.326 e. The highest BCUT2D eigenvalue weighted by Crippen LogP contribution is 2.14. The fourth-order valence-corrected chi connectivity index (χ4v) is 4.00. The summed E-state index contributed by atoms with van der Waals surface area (Å²) in [6.07, 6.45) is 2.55. The minimum atomic E-state index is -1.15. The van der Waals surface area contributed by atoms with Gasteiger partial charge in [0.1, 0.15) is 12.1 Å². The Kier molecular flexibility index (Phi) is 17.5. The number of amides is 7. The Morgan fingerprint density at radius 3 is 2.18 bits per heavy atom. The number of carboxylic acid groups (broad SMARTS) is 1. The van der Waals surface area contributed by atoms with Crippen LogP contribution in [0, 0.1) is 0 Å². The van der Waals surface area contributed by atoms with Crippen molar-refractivity contribution in [3.05, 3.63) is 42.0 Å². The summed E-state index contributed by atoms with van der Waals surface area (Å²) in [6.45, 7) is 5.27. The lowest BCUT2D eigenvalue weighted by molar-refractivity contribution is -0.141. The van der Waals surface area contributed by atoms with Gasteiger partial charge in [-0.2, -0.15) is 0 Å². The van der Waals surface area contributed by atoms with Crippen molar-refractivity contribution in [2.75, 3.05) is 37.3 Å². The van der Waals surface area contributed by atoms with Gasteiger partial charge in [0.15, 0.2) is 0 Å². The van der Waals surface area contributed by atoms with Gasteiger partial charge in [0.05, 0.1) is 6.54 Å². The number of hydrogen-bond donors (Lipinski definition) is 7. The predicted molar refractivity (Wildman–Crippen MR) is 170 cm³/mol. The number of primary amides is 1. The standard InChI is InChI=1S/C29H42BrN7O8/c1-18(16-30)25(40)32-14-6-4-5-9-23(38)34-17-24(39)36-22(8-7-15-33-29(31)45)26(41)35-21-12-10-20(11-13-21)27(42)37(3)19(2)28(43)44/h10-13,19,22H,1,4-9,14-17H2,2-3H3,(H,32,40)(H,34,38)(H,35,41)(H,36,39)(H,43,44)(H3,31,33,45)/t19-,22?/m0/s1. The highest BCUT2D eigenvalue weighted by Gasteiger charge is 2.24. The third-order valence-corrected chi connectivity index (χ3v) is 7.25. The van der Waals surface area contributed by atoms with Gasteiger partial charge in [-0.05, 0) is 56.9 Å². The molecule has 8 N–H and O–H groups in total. The molecule has 7 amide bonds. The molecule has 0 aromatic heterocycles. The lowest BCUT2D eigenvalue weighted by atomic mass is 10.1. The molecular weight excluding hydrogens is 654 g/mol. The number of rotatable bonds is 20. The number of alkyl halides is 1. The van der Waals surface area contributed by atoms with Crippen LogP contribution in [0.2, 0.25) is 0 Å². The van der Waals surface area contributed by atoms with Gasteiger partial charge in [0.2, 0.25) is 23.6 Å². The molecule has 0 aliphatic carbocycles. The van der Waals surface area contributed by atoms with Crippen LogP contribution < -0.4 is 32.3 Å². The molecule has 2 atom stereocenters. The molecule has 0 radical (unpaired) electrons. The normalized spacial score (nSPS) is 11.7. The zero-order valence-electron chi connectivity index (χ0n) is 25.4. The predicted octanol–water partition coefficient (Wildman–Crippen LogP) is 0.847. The first-order valence-corrected chi connectivity index (χ1v) is 15.4. The Morgan fingerprint density at radius 1 is 0.933 bits per heavy atom. The van der Waals surface area contributed by atoms with Gasteiger partial charge in [0, 0.05) is 48.7 Å². The molecule has 45 heavy (non-hydrogen) atoms. The molecule has 0 bridgehead atoms. The number of nitrogens with one attached hydrogen (secondary N) is 5. The highest BCUT2D eigenvalue weighted by atomic mass is 79.9. The quantitative estimate of drug-likeness (QED) is 0.0586. The van der Waals surface area contributed by atoms with Crippen molar-refractivity contribution in [1.82, 2.24) is 26.2 Å². The van der Waals surface area contributed by atoms with Crippen molar-refractivity contribution in [1.29, 1.82) is 0 Å². The van der Waals surface area contributed by atoms with E-state index in [0.717, 1.165) is 4.90 Å². The number of halogens is 1. The number of benzene rings is 1. The molecule has 1 rings (SSSR count).